The van der Waals surface area contributed by atoms with Crippen LogP contribution in [0.1, 0.15) is 52.2 Å². The number of nitrogens with zero attached hydrogens (tertiary/aromatic N) is 4. The summed E-state index contributed by atoms with van der Waals surface area (Å²) in [4.78, 5) is 96.5. The number of phosphoric ester groups is 3. The summed E-state index contributed by atoms with van der Waals surface area (Å²) < 4.78 is 60.5. The molecule has 3 heterocycles. The summed E-state index contributed by atoms with van der Waals surface area (Å²) in [7, 11) is -17.6. The number of hydrogen-bond acceptors (Lipinski definition) is 23. The number of carbonyl (C=O) groups is 3. The van der Waals surface area contributed by atoms with E-state index in [2.05, 4.69) is 43.5 Å². The number of aromatic nitrogens is 4. The molecule has 1 aliphatic heterocycles. The lowest BCUT2D eigenvalue weighted by atomic mass is 9.87. The maximum Gasteiger partial charge on any atom is 0.274 e. The number of fused-ring (bicyclic) bond motifs is 1. The molecule has 7 N–H and O–H groups in total. The molecule has 2 aromatic rings. The Hall–Kier alpha value is -2.48. The molecular weight excluding hydrogens is 847 g/mol. The van der Waals surface area contributed by atoms with E-state index in [1.165, 1.54) is 13.8 Å². The highest BCUT2D eigenvalue weighted by Crippen LogP contribution is 2.56. The van der Waals surface area contributed by atoms with Gasteiger partial charge in [0.15, 0.2) is 22.8 Å². The number of nitrogens with two attached hydrogens (primary N) is 1. The van der Waals surface area contributed by atoms with E-state index in [9.17, 15) is 63.0 Å². The Kier molecular flexibility index (Phi) is 16.3. The molecule has 57 heavy (non-hydrogen) atoms. The minimum absolute atomic E-state index is 0.0243. The molecule has 25 nitrogen and oxygen atoms in total. The highest BCUT2D eigenvalue weighted by Gasteiger charge is 2.47. The van der Waals surface area contributed by atoms with Crippen LogP contribution in [-0.4, -0.2) is 114 Å². The van der Waals surface area contributed by atoms with Crippen molar-refractivity contribution >= 4 is 69.1 Å². The number of carbonyl (C=O) groups excluding carboxylic acids is 3. The van der Waals surface area contributed by atoms with Gasteiger partial charge in [0.25, 0.3) is 15.6 Å². The SMILES string of the molecule is CC(C)(COP(=O)([O-])OP(=O)([O-])OC[C@H]1O[C@@H](n2cnc3c(N)ncnc32)[C@H](O)[C@@H]1OP(=O)([O-])[O-])[C@@H](O)C(=O)NCCC(=O)NCCSC(=O)C1CCCCC1O. The second-order valence-corrected chi connectivity index (χ2v) is 18.8. The van der Waals surface area contributed by atoms with Gasteiger partial charge in [-0.2, -0.15) is 0 Å². The van der Waals surface area contributed by atoms with Crippen LogP contribution in [-0.2, 0) is 50.7 Å². The smallest absolute Gasteiger partial charge is 0.274 e. The van der Waals surface area contributed by atoms with Crippen molar-refractivity contribution in [2.24, 2.45) is 11.3 Å². The zero-order valence-electron chi connectivity index (χ0n) is 30.3. The van der Waals surface area contributed by atoms with E-state index < -0.39 is 96.6 Å². The second kappa shape index (κ2) is 19.7. The van der Waals surface area contributed by atoms with Gasteiger partial charge in [-0.05, 0) is 12.8 Å². The maximum absolute atomic E-state index is 12.5. The number of thioether (sulfide) groups is 1. The second-order valence-electron chi connectivity index (χ2n) is 13.6. The van der Waals surface area contributed by atoms with Gasteiger partial charge in [0.2, 0.25) is 11.8 Å². The van der Waals surface area contributed by atoms with Crippen molar-refractivity contribution in [2.75, 3.05) is 37.8 Å². The van der Waals surface area contributed by atoms with E-state index in [0.717, 1.165) is 41.8 Å². The topological polar surface area (TPSA) is 395 Å². The summed E-state index contributed by atoms with van der Waals surface area (Å²) in [5, 5.41) is 36.1. The average Bonchev–Trinajstić information content (AvgIpc) is 3.68. The number of rotatable bonds is 20. The van der Waals surface area contributed by atoms with Gasteiger partial charge in [-0.25, -0.2) is 19.3 Å². The van der Waals surface area contributed by atoms with Crippen LogP contribution in [0.3, 0.4) is 0 Å². The van der Waals surface area contributed by atoms with Crippen LogP contribution in [0.25, 0.3) is 11.2 Å². The summed E-state index contributed by atoms with van der Waals surface area (Å²) >= 11 is 1.01. The Balaban J connectivity index is 1.22. The van der Waals surface area contributed by atoms with E-state index in [0.29, 0.717) is 12.8 Å². The molecule has 1 saturated carbocycles. The van der Waals surface area contributed by atoms with E-state index >= 15 is 0 Å². The Labute approximate surface area is 328 Å². The Morgan fingerprint density at radius 1 is 1.05 bits per heavy atom. The molecular formula is C28H42N7O18P3S-4. The van der Waals surface area contributed by atoms with E-state index in [4.69, 9.17) is 10.5 Å². The summed E-state index contributed by atoms with van der Waals surface area (Å²) in [5.74, 6) is -1.74. The number of aliphatic hydroxyl groups is 3. The van der Waals surface area contributed by atoms with Crippen LogP contribution in [0, 0.1) is 11.3 Å². The van der Waals surface area contributed by atoms with Crippen molar-refractivity contribution in [1.29, 1.82) is 0 Å². The fourth-order valence-corrected chi connectivity index (χ4v) is 9.38. The molecule has 2 amide bonds. The van der Waals surface area contributed by atoms with Crippen molar-refractivity contribution in [3.8, 4) is 0 Å². The third-order valence-corrected chi connectivity index (χ3v) is 12.8. The van der Waals surface area contributed by atoms with Gasteiger partial charge in [0, 0.05) is 30.7 Å². The fraction of sp³-hybridized carbons (Fsp3) is 0.714. The van der Waals surface area contributed by atoms with E-state index in [1.807, 2.05) is 0 Å². The van der Waals surface area contributed by atoms with Gasteiger partial charge in [-0.3, -0.25) is 28.1 Å². The molecule has 4 rings (SSSR count). The first-order valence-electron chi connectivity index (χ1n) is 17.2. The van der Waals surface area contributed by atoms with E-state index in [1.54, 1.807) is 0 Å². The molecule has 4 unspecified atom stereocenters. The molecule has 0 bridgehead atoms. The Morgan fingerprint density at radius 2 is 1.74 bits per heavy atom. The standard InChI is InChI=1S/C28H46N7O18P3S/c1-28(2,22(39)25(40)31-8-7-18(37)30-9-10-57-27(41)15-5-3-4-6-16(15)36)12-50-56(47,48)53-55(45,46)49-11-17-21(52-54(42,43)44)20(38)26(51-17)35-14-34-19-23(29)32-13-33-24(19)35/h13-17,20-22,26,36,38-39H,3-12H2,1-2H3,(H,30,37)(H,31,40)(H,45,46)(H,47,48)(H2,29,32,33)(H2,42,43,44)/p-4/t15?,16?,17-,20-,21-,22+,26-/m1/s1. The number of anilines is 1. The van der Waals surface area contributed by atoms with Gasteiger partial charge in [0.05, 0.1) is 39.4 Å². The normalized spacial score (nSPS) is 25.7. The first-order valence-corrected chi connectivity index (χ1v) is 22.5. The molecule has 9 atom stereocenters. The Bertz CT molecular complexity index is 1890. The van der Waals surface area contributed by atoms with Gasteiger partial charge >= 0.3 is 0 Å². The molecule has 29 heteroatoms. The number of amides is 2. The summed E-state index contributed by atoms with van der Waals surface area (Å²) in [5.41, 5.74) is 4.05. The van der Waals surface area contributed by atoms with Crippen LogP contribution >= 0.6 is 35.2 Å². The highest BCUT2D eigenvalue weighted by molar-refractivity contribution is 8.13. The lowest BCUT2D eigenvalue weighted by Crippen LogP contribution is -2.46. The molecule has 2 aliphatic rings. The molecule has 0 radical (unpaired) electrons. The molecule has 2 aromatic heterocycles. The first-order chi connectivity index (χ1) is 26.5. The monoisotopic (exact) mass is 889 g/mol. The van der Waals surface area contributed by atoms with Gasteiger partial charge < -0.3 is 74.1 Å². The predicted octanol–water partition coefficient (Wildman–Crippen LogP) is -3.31. The van der Waals surface area contributed by atoms with Crippen LogP contribution < -0.4 is 35.9 Å². The van der Waals surface area contributed by atoms with Crippen molar-refractivity contribution in [3.05, 3.63) is 12.7 Å². The Morgan fingerprint density at radius 3 is 2.42 bits per heavy atom. The van der Waals surface area contributed by atoms with Crippen LogP contribution in [0.15, 0.2) is 12.7 Å². The number of hydrogen-bond donors (Lipinski definition) is 6. The predicted molar refractivity (Wildman–Crippen MR) is 186 cm³/mol. The van der Waals surface area contributed by atoms with Gasteiger partial charge in [0.1, 0.15) is 36.3 Å². The lowest BCUT2D eigenvalue weighted by Gasteiger charge is -2.36. The quantitative estimate of drug-likeness (QED) is 0.0560. The van der Waals surface area contributed by atoms with E-state index in [-0.39, 0.29) is 47.4 Å². The summed E-state index contributed by atoms with van der Waals surface area (Å²) in [6.07, 6.45) is -5.40. The molecule has 0 spiro atoms. The minimum atomic E-state index is -5.92. The number of nitrogens with one attached hydrogen (secondary N) is 2. The number of phosphoric acid groups is 3. The summed E-state index contributed by atoms with van der Waals surface area (Å²) in [6, 6.07) is 0. The van der Waals surface area contributed by atoms with Crippen molar-refractivity contribution in [3.63, 3.8) is 0 Å². The third-order valence-electron chi connectivity index (χ3n) is 8.75. The average molecular weight is 890 g/mol. The molecule has 1 aliphatic carbocycles. The molecule has 2 fully saturated rings. The maximum atomic E-state index is 12.5. The van der Waals surface area contributed by atoms with Gasteiger partial charge in [-0.15, -0.1) is 0 Å². The first kappa shape index (κ1) is 47.2. The largest absolute Gasteiger partial charge is 0.790 e. The van der Waals surface area contributed by atoms with Crippen LogP contribution in [0.4, 0.5) is 5.82 Å². The number of imidazole rings is 1. The van der Waals surface area contributed by atoms with Crippen molar-refractivity contribution in [2.45, 2.75) is 82.7 Å². The molecule has 0 aromatic carbocycles. The summed E-state index contributed by atoms with van der Waals surface area (Å²) in [6.45, 7) is 0.00707. The zero-order chi connectivity index (χ0) is 42.3. The lowest BCUT2D eigenvalue weighted by molar-refractivity contribution is -0.347. The zero-order valence-corrected chi connectivity index (χ0v) is 33.8. The third kappa shape index (κ3) is 13.5. The van der Waals surface area contributed by atoms with Crippen LogP contribution in [0.5, 0.6) is 0 Å². The fourth-order valence-electron chi connectivity index (χ4n) is 5.75. The number of aliphatic hydroxyl groups excluding tert-OH is 3. The van der Waals surface area contributed by atoms with Gasteiger partial charge in [-0.1, -0.05) is 38.5 Å². The van der Waals surface area contributed by atoms with Crippen molar-refractivity contribution < 1.29 is 85.6 Å². The minimum Gasteiger partial charge on any atom is -0.790 e. The number of ether oxygens (including phenoxy) is 1. The molecule has 322 valence electrons. The highest BCUT2D eigenvalue weighted by atomic mass is 32.2. The molecule has 1 saturated heterocycles. The van der Waals surface area contributed by atoms with Crippen molar-refractivity contribution in [1.82, 2.24) is 30.2 Å². The van der Waals surface area contributed by atoms with Crippen LogP contribution in [0.2, 0.25) is 0 Å². The number of nitrogen functional groups attached to an aromatic ring is 1.